The number of halogens is 1. The van der Waals surface area contributed by atoms with Crippen molar-refractivity contribution in [2.45, 2.75) is 6.54 Å². The molecule has 0 aliphatic carbocycles. The van der Waals surface area contributed by atoms with Gasteiger partial charge in [0.15, 0.2) is 0 Å². The van der Waals surface area contributed by atoms with Gasteiger partial charge in [0.05, 0.1) is 11.0 Å². The van der Waals surface area contributed by atoms with Crippen molar-refractivity contribution < 1.29 is 0 Å². The lowest BCUT2D eigenvalue weighted by Gasteiger charge is -2.08. The Labute approximate surface area is 208 Å². The Kier molecular flexibility index (Phi) is 4.68. The first-order chi connectivity index (χ1) is 17.3. The molecule has 0 radical (unpaired) electrons. The molecule has 0 unspecified atom stereocenters. The third-order valence-electron chi connectivity index (χ3n) is 7.10. The molecule has 2 aromatic heterocycles. The van der Waals surface area contributed by atoms with Crippen LogP contribution in [-0.4, -0.2) is 15.0 Å². The summed E-state index contributed by atoms with van der Waals surface area (Å²) in [5, 5.41) is 5.09. The van der Waals surface area contributed by atoms with Gasteiger partial charge in [0, 0.05) is 50.7 Å². The van der Waals surface area contributed by atoms with E-state index in [0.717, 1.165) is 6.54 Å². The Hall–Kier alpha value is -4.01. The molecule has 0 aliphatic heterocycles. The minimum absolute atomic E-state index is 0.595. The van der Waals surface area contributed by atoms with E-state index in [1.807, 2.05) is 0 Å². The van der Waals surface area contributed by atoms with Crippen LogP contribution in [0.15, 0.2) is 115 Å². The Morgan fingerprint density at radius 3 is 1.71 bits per heavy atom. The highest BCUT2D eigenvalue weighted by molar-refractivity contribution is 6.18. The van der Waals surface area contributed by atoms with Crippen LogP contribution >= 0.6 is 11.6 Å². The van der Waals surface area contributed by atoms with Crippen molar-refractivity contribution in [2.24, 2.45) is 0 Å². The maximum absolute atomic E-state index is 6.15. The smallest absolute Gasteiger partial charge is 0.0541 e. The molecule has 0 aliphatic rings. The highest BCUT2D eigenvalue weighted by Crippen LogP contribution is 2.37. The van der Waals surface area contributed by atoms with Crippen LogP contribution in [0.2, 0.25) is 0 Å². The molecular weight excluding hydrogens is 448 g/mol. The Bertz CT molecular complexity index is 1860. The van der Waals surface area contributed by atoms with Crippen LogP contribution in [0.1, 0.15) is 0 Å². The molecule has 168 valence electrons. The number of hydrogen-bond donors (Lipinski definition) is 0. The van der Waals surface area contributed by atoms with Gasteiger partial charge >= 0.3 is 0 Å². The van der Waals surface area contributed by atoms with Gasteiger partial charge in [-0.3, -0.25) is 0 Å². The van der Waals surface area contributed by atoms with Gasteiger partial charge < -0.3 is 9.13 Å². The van der Waals surface area contributed by atoms with E-state index in [9.17, 15) is 0 Å². The fourth-order valence-corrected chi connectivity index (χ4v) is 5.74. The van der Waals surface area contributed by atoms with Crippen molar-refractivity contribution in [3.05, 3.63) is 115 Å². The van der Waals surface area contributed by atoms with Crippen LogP contribution in [0.4, 0.5) is 0 Å². The molecule has 0 saturated carbocycles. The molecule has 0 N–H and O–H groups in total. The van der Waals surface area contributed by atoms with Gasteiger partial charge in [-0.05, 0) is 59.7 Å². The fraction of sp³-hybridized carbons (Fsp3) is 0.0625. The molecule has 7 rings (SSSR count). The lowest BCUT2D eigenvalue weighted by molar-refractivity contribution is 0.834. The molecular formula is C32H23ClN2. The van der Waals surface area contributed by atoms with Crippen molar-refractivity contribution in [1.29, 1.82) is 0 Å². The van der Waals surface area contributed by atoms with Crippen molar-refractivity contribution in [1.82, 2.24) is 9.13 Å². The topological polar surface area (TPSA) is 9.86 Å². The monoisotopic (exact) mass is 470 g/mol. The molecule has 0 saturated heterocycles. The van der Waals surface area contributed by atoms with E-state index < -0.39 is 0 Å². The first kappa shape index (κ1) is 20.4. The normalized spacial score (nSPS) is 11.8. The zero-order valence-corrected chi connectivity index (χ0v) is 19.9. The molecule has 0 atom stereocenters. The SMILES string of the molecule is ClCCn1c2ccccc2c2cc(-c3ccc4c(c3)c3ccccc3n4-c3ccccc3)ccc21. The van der Waals surface area contributed by atoms with Gasteiger partial charge in [-0.15, -0.1) is 11.6 Å². The van der Waals surface area contributed by atoms with Gasteiger partial charge in [-0.1, -0.05) is 66.7 Å². The van der Waals surface area contributed by atoms with Crippen molar-refractivity contribution in [2.75, 3.05) is 5.88 Å². The maximum atomic E-state index is 6.15. The Morgan fingerprint density at radius 1 is 0.486 bits per heavy atom. The summed E-state index contributed by atoms with van der Waals surface area (Å²) in [4.78, 5) is 0. The summed E-state index contributed by atoms with van der Waals surface area (Å²) in [5.41, 5.74) is 8.56. The first-order valence-corrected chi connectivity index (χ1v) is 12.5. The molecule has 0 amide bonds. The van der Waals surface area contributed by atoms with Crippen LogP contribution in [0.5, 0.6) is 0 Å². The summed E-state index contributed by atoms with van der Waals surface area (Å²) < 4.78 is 4.69. The number of aromatic nitrogens is 2. The number of nitrogens with zero attached hydrogens (tertiary/aromatic N) is 2. The summed E-state index contributed by atoms with van der Waals surface area (Å²) in [6.45, 7) is 0.801. The van der Waals surface area contributed by atoms with Crippen LogP contribution in [0, 0.1) is 0 Å². The van der Waals surface area contributed by atoms with Crippen LogP contribution in [-0.2, 0) is 6.54 Å². The van der Waals surface area contributed by atoms with E-state index in [0.29, 0.717) is 5.88 Å². The third kappa shape index (κ3) is 3.10. The van der Waals surface area contributed by atoms with Crippen LogP contribution < -0.4 is 0 Å². The fourth-order valence-electron chi connectivity index (χ4n) is 5.57. The lowest BCUT2D eigenvalue weighted by Crippen LogP contribution is -1.98. The highest BCUT2D eigenvalue weighted by Gasteiger charge is 2.14. The van der Waals surface area contributed by atoms with Gasteiger partial charge in [0.2, 0.25) is 0 Å². The average Bonchev–Trinajstić information content (AvgIpc) is 3.42. The van der Waals surface area contributed by atoms with E-state index >= 15 is 0 Å². The summed E-state index contributed by atoms with van der Waals surface area (Å²) in [6.07, 6.45) is 0. The molecule has 3 heteroatoms. The minimum atomic E-state index is 0.595. The number of para-hydroxylation sites is 3. The zero-order valence-electron chi connectivity index (χ0n) is 19.2. The van der Waals surface area contributed by atoms with Crippen LogP contribution in [0.25, 0.3) is 60.4 Å². The van der Waals surface area contributed by atoms with E-state index in [1.54, 1.807) is 0 Å². The van der Waals surface area contributed by atoms with Gasteiger partial charge in [0.1, 0.15) is 0 Å². The summed E-state index contributed by atoms with van der Waals surface area (Å²) >= 11 is 6.15. The quantitative estimate of drug-likeness (QED) is 0.227. The van der Waals surface area contributed by atoms with Crippen molar-refractivity contribution >= 4 is 55.2 Å². The molecule has 2 nitrogen and oxygen atoms in total. The standard InChI is InChI=1S/C32H23ClN2/c33-18-19-34-29-12-6-4-10-25(29)27-20-22(14-16-30(27)34)23-15-17-32-28(21-23)26-11-5-7-13-31(26)35(32)24-8-2-1-3-9-24/h1-17,20-21H,18-19H2. The van der Waals surface area contributed by atoms with E-state index in [2.05, 4.69) is 124 Å². The van der Waals surface area contributed by atoms with E-state index in [-0.39, 0.29) is 0 Å². The Morgan fingerprint density at radius 2 is 1.00 bits per heavy atom. The van der Waals surface area contributed by atoms with E-state index in [1.165, 1.54) is 60.4 Å². The van der Waals surface area contributed by atoms with Gasteiger partial charge in [0.25, 0.3) is 0 Å². The third-order valence-corrected chi connectivity index (χ3v) is 7.27. The number of aryl methyl sites for hydroxylation is 1. The van der Waals surface area contributed by atoms with E-state index in [4.69, 9.17) is 11.6 Å². The average molecular weight is 471 g/mol. The number of fused-ring (bicyclic) bond motifs is 6. The largest absolute Gasteiger partial charge is 0.339 e. The second-order valence-corrected chi connectivity index (χ2v) is 9.39. The summed E-state index contributed by atoms with van der Waals surface area (Å²) in [7, 11) is 0. The second-order valence-electron chi connectivity index (χ2n) is 9.01. The molecule has 0 spiro atoms. The van der Waals surface area contributed by atoms with Crippen LogP contribution in [0.3, 0.4) is 0 Å². The predicted octanol–water partition coefficient (Wildman–Crippen LogP) is 8.80. The van der Waals surface area contributed by atoms with Crippen molar-refractivity contribution in [3.63, 3.8) is 0 Å². The van der Waals surface area contributed by atoms with Gasteiger partial charge in [-0.25, -0.2) is 0 Å². The second kappa shape index (κ2) is 8.04. The molecule has 5 aromatic carbocycles. The lowest BCUT2D eigenvalue weighted by atomic mass is 10.0. The summed E-state index contributed by atoms with van der Waals surface area (Å²) in [5.74, 6) is 0.595. The molecule has 35 heavy (non-hydrogen) atoms. The zero-order chi connectivity index (χ0) is 23.4. The summed E-state index contributed by atoms with van der Waals surface area (Å²) in [6, 6.07) is 41.6. The molecule has 0 bridgehead atoms. The van der Waals surface area contributed by atoms with Gasteiger partial charge in [-0.2, -0.15) is 0 Å². The molecule has 2 heterocycles. The number of alkyl halides is 1. The minimum Gasteiger partial charge on any atom is -0.339 e. The molecule has 0 fully saturated rings. The number of benzene rings is 5. The molecule has 7 aromatic rings. The number of rotatable bonds is 4. The predicted molar refractivity (Wildman–Crippen MR) is 150 cm³/mol. The first-order valence-electron chi connectivity index (χ1n) is 12.0. The Balaban J connectivity index is 1.46. The van der Waals surface area contributed by atoms with Crippen molar-refractivity contribution in [3.8, 4) is 16.8 Å². The maximum Gasteiger partial charge on any atom is 0.0541 e. The highest BCUT2D eigenvalue weighted by atomic mass is 35.5. The number of hydrogen-bond acceptors (Lipinski definition) is 0.